The molecule has 428 valence electrons. The topological polar surface area (TPSA) is 155 Å². The molecule has 2 N–H and O–H groups in total. The molecule has 0 aliphatic heterocycles. The van der Waals surface area contributed by atoms with Gasteiger partial charge >= 0.3 is 25.7 Å². The molecule has 0 spiro atoms. The Hall–Kier alpha value is -3.08. The van der Waals surface area contributed by atoms with Crippen LogP contribution in [0.15, 0.2) is 72.9 Å². The van der Waals surface area contributed by atoms with E-state index >= 15 is 0 Å². The van der Waals surface area contributed by atoms with Crippen molar-refractivity contribution >= 4 is 25.7 Å². The maximum Gasteiger partial charge on any atom is 0.472 e. The van der Waals surface area contributed by atoms with Crippen molar-refractivity contribution in [3.8, 4) is 0 Å². The van der Waals surface area contributed by atoms with Crippen LogP contribution in [0.3, 0.4) is 0 Å². The van der Waals surface area contributed by atoms with Gasteiger partial charge in [0.15, 0.2) is 6.10 Å². The molecule has 0 aliphatic rings. The van der Waals surface area contributed by atoms with Gasteiger partial charge in [0.2, 0.25) is 0 Å². The quantitative estimate of drug-likeness (QED) is 0.0197. The van der Waals surface area contributed by atoms with Crippen LogP contribution in [0.1, 0.15) is 265 Å². The normalized spacial score (nSPS) is 13.9. The number of esters is 3. The Labute approximate surface area is 452 Å². The van der Waals surface area contributed by atoms with Crippen LogP contribution in [0.25, 0.3) is 0 Å². The van der Waals surface area contributed by atoms with E-state index in [-0.39, 0.29) is 25.9 Å². The Morgan fingerprint density at radius 3 is 1.11 bits per heavy atom. The highest BCUT2D eigenvalue weighted by Crippen LogP contribution is 2.43. The molecular formula is C62H109O11P. The van der Waals surface area contributed by atoms with Gasteiger partial charge in [0.25, 0.3) is 0 Å². The van der Waals surface area contributed by atoms with Crippen molar-refractivity contribution < 1.29 is 52.2 Å². The fraction of sp³-hybridized carbons (Fsp3) is 0.758. The van der Waals surface area contributed by atoms with Gasteiger partial charge in [-0.05, 0) is 89.9 Å². The van der Waals surface area contributed by atoms with Crippen molar-refractivity contribution in [1.29, 1.82) is 0 Å². The fourth-order valence-corrected chi connectivity index (χ4v) is 8.87. The number of phosphoric acid groups is 1. The monoisotopic (exact) mass is 1060 g/mol. The molecule has 74 heavy (non-hydrogen) atoms. The third-order valence-corrected chi connectivity index (χ3v) is 13.6. The lowest BCUT2D eigenvalue weighted by Crippen LogP contribution is -2.30. The van der Waals surface area contributed by atoms with Crippen LogP contribution >= 0.6 is 7.82 Å². The predicted octanol–water partition coefficient (Wildman–Crippen LogP) is 17.7. The largest absolute Gasteiger partial charge is 0.472 e. The number of carbonyl (C=O) groups is 3. The number of hydrogen-bond donors (Lipinski definition) is 2. The summed E-state index contributed by atoms with van der Waals surface area (Å²) < 4.78 is 39.5. The van der Waals surface area contributed by atoms with Crippen molar-refractivity contribution in [2.45, 2.75) is 277 Å². The van der Waals surface area contributed by atoms with Gasteiger partial charge in [0.1, 0.15) is 12.7 Å². The van der Waals surface area contributed by atoms with Gasteiger partial charge in [-0.3, -0.25) is 23.4 Å². The van der Waals surface area contributed by atoms with E-state index in [2.05, 4.69) is 93.7 Å². The first-order valence-electron chi connectivity index (χ1n) is 29.8. The van der Waals surface area contributed by atoms with Crippen molar-refractivity contribution in [2.75, 3.05) is 26.4 Å². The molecule has 3 unspecified atom stereocenters. The lowest BCUT2D eigenvalue weighted by molar-refractivity contribution is -0.161. The predicted molar refractivity (Wildman–Crippen MR) is 307 cm³/mol. The molecule has 0 radical (unpaired) electrons. The van der Waals surface area contributed by atoms with Crippen molar-refractivity contribution in [3.63, 3.8) is 0 Å². The molecule has 0 aliphatic carbocycles. The van der Waals surface area contributed by atoms with Gasteiger partial charge in [-0.2, -0.15) is 0 Å². The smallest absolute Gasteiger partial charge is 0.462 e. The van der Waals surface area contributed by atoms with E-state index in [1.165, 1.54) is 103 Å². The third-order valence-electron chi connectivity index (χ3n) is 12.6. The number of hydrogen-bond acceptors (Lipinski definition) is 10. The van der Waals surface area contributed by atoms with Crippen molar-refractivity contribution in [2.24, 2.45) is 0 Å². The van der Waals surface area contributed by atoms with Crippen LogP contribution in [0.5, 0.6) is 0 Å². The number of allylic oxidation sites excluding steroid dienone is 12. The van der Waals surface area contributed by atoms with Crippen molar-refractivity contribution in [3.05, 3.63) is 72.9 Å². The number of aliphatic hydroxyl groups excluding tert-OH is 1. The average Bonchev–Trinajstić information content (AvgIpc) is 3.39. The van der Waals surface area contributed by atoms with Crippen LogP contribution in [0.4, 0.5) is 0 Å². The Balaban J connectivity index is 4.75. The molecule has 0 heterocycles. The Morgan fingerprint density at radius 1 is 0.392 bits per heavy atom. The summed E-state index contributed by atoms with van der Waals surface area (Å²) in [5, 5.41) is 9.80. The van der Waals surface area contributed by atoms with Gasteiger partial charge < -0.3 is 24.2 Å². The third kappa shape index (κ3) is 53.7. The number of carbonyl (C=O) groups excluding carboxylic acids is 3. The highest BCUT2D eigenvalue weighted by Gasteiger charge is 2.28. The second kappa shape index (κ2) is 56.1. The first-order chi connectivity index (χ1) is 36.2. The molecule has 0 amide bonds. The van der Waals surface area contributed by atoms with Crippen LogP contribution in [0, 0.1) is 0 Å². The highest BCUT2D eigenvalue weighted by molar-refractivity contribution is 7.47. The average molecular weight is 1060 g/mol. The summed E-state index contributed by atoms with van der Waals surface area (Å²) in [7, 11) is -4.75. The molecule has 0 fully saturated rings. The number of unbranched alkanes of at least 4 members (excludes halogenated alkanes) is 26. The first-order valence-corrected chi connectivity index (χ1v) is 31.3. The number of phosphoric ester groups is 1. The summed E-state index contributed by atoms with van der Waals surface area (Å²) in [5.41, 5.74) is 0. The standard InChI is InChI=1S/C62H109O11P/c1-4-7-10-13-16-19-22-24-26-28-29-31-33-35-38-41-44-47-50-53-62(66)73-59(55-69-60(64)51-48-45-42-39-37-34-32-30-27-25-23-20-17-14-11-8-5-2)57-71-74(67,68)70-56-58(54-63)72-61(65)52-49-46-43-40-36-21-18-15-12-9-6-3/h8,11,16-17,19-20,24-27,32,34,58-59,63H,4-7,9-10,12-15,18,21-23,28-31,33,35-57H2,1-3H3,(H,67,68)/b11-8-,19-16-,20-17-,26-24-,27-25-,34-32-. The van der Waals surface area contributed by atoms with Gasteiger partial charge in [0.05, 0.1) is 19.8 Å². The number of rotatable bonds is 55. The molecule has 0 saturated carbocycles. The summed E-state index contributed by atoms with van der Waals surface area (Å²) in [6, 6.07) is 0. The van der Waals surface area contributed by atoms with Crippen molar-refractivity contribution in [1.82, 2.24) is 0 Å². The van der Waals surface area contributed by atoms with E-state index in [1.807, 2.05) is 0 Å². The van der Waals surface area contributed by atoms with E-state index in [9.17, 15) is 28.9 Å². The molecule has 12 heteroatoms. The highest BCUT2D eigenvalue weighted by atomic mass is 31.2. The van der Waals surface area contributed by atoms with Crippen LogP contribution in [0.2, 0.25) is 0 Å². The minimum atomic E-state index is -4.75. The van der Waals surface area contributed by atoms with Crippen LogP contribution in [-0.2, 0) is 42.2 Å². The Bertz CT molecular complexity index is 1520. The SMILES string of the molecule is CC/C=C\C/C=C\C/C=C\C/C=C\CCCCCCC(=O)OCC(COP(=O)(O)OCC(CO)OC(=O)CCCCCCCCCCCCC)OC(=O)CCCCCCCCCCC/C=C\C/C=C\CCCCC. The van der Waals surface area contributed by atoms with E-state index in [4.69, 9.17) is 23.3 Å². The second-order valence-corrected chi connectivity index (χ2v) is 21.2. The van der Waals surface area contributed by atoms with Gasteiger partial charge in [-0.15, -0.1) is 0 Å². The van der Waals surface area contributed by atoms with E-state index in [1.54, 1.807) is 0 Å². The molecule has 0 bridgehead atoms. The molecule has 3 atom stereocenters. The second-order valence-electron chi connectivity index (χ2n) is 19.8. The van der Waals surface area contributed by atoms with Gasteiger partial charge in [-0.1, -0.05) is 229 Å². The maximum atomic E-state index is 12.9. The van der Waals surface area contributed by atoms with E-state index in [0.29, 0.717) is 19.3 Å². The molecule has 0 saturated heterocycles. The molecular weight excluding hydrogens is 952 g/mol. The molecule has 0 aromatic heterocycles. The zero-order chi connectivity index (χ0) is 54.1. The minimum absolute atomic E-state index is 0.156. The van der Waals surface area contributed by atoms with Gasteiger partial charge in [-0.25, -0.2) is 4.57 Å². The van der Waals surface area contributed by atoms with Gasteiger partial charge in [0, 0.05) is 19.3 Å². The zero-order valence-corrected chi connectivity index (χ0v) is 48.2. The summed E-state index contributed by atoms with van der Waals surface area (Å²) >= 11 is 0. The van der Waals surface area contributed by atoms with Crippen LogP contribution < -0.4 is 0 Å². The summed E-state index contributed by atoms with van der Waals surface area (Å²) in [5.74, 6) is -1.49. The fourth-order valence-electron chi connectivity index (χ4n) is 8.08. The molecule has 0 aromatic rings. The number of ether oxygens (including phenoxy) is 3. The summed E-state index contributed by atoms with van der Waals surface area (Å²) in [4.78, 5) is 48.6. The lowest BCUT2D eigenvalue weighted by Gasteiger charge is -2.21. The van der Waals surface area contributed by atoms with Crippen LogP contribution in [-0.4, -0.2) is 66.5 Å². The molecule has 0 rings (SSSR count). The van der Waals surface area contributed by atoms with E-state index < -0.39 is 57.8 Å². The molecule has 11 nitrogen and oxygen atoms in total. The number of aliphatic hydroxyl groups is 1. The first kappa shape index (κ1) is 70.9. The maximum absolute atomic E-state index is 12.9. The molecule has 0 aromatic carbocycles. The Kier molecular flexibility index (Phi) is 53.8. The zero-order valence-electron chi connectivity index (χ0n) is 47.3. The minimum Gasteiger partial charge on any atom is -0.462 e. The van der Waals surface area contributed by atoms with E-state index in [0.717, 1.165) is 103 Å². The lowest BCUT2D eigenvalue weighted by atomic mass is 10.1. The summed E-state index contributed by atoms with van der Waals surface area (Å²) in [6.45, 7) is 4.49. The Morgan fingerprint density at radius 2 is 0.703 bits per heavy atom. The summed E-state index contributed by atoms with van der Waals surface area (Å²) in [6.07, 6.45) is 62.8.